The molecule has 1 aliphatic rings. The van der Waals surface area contributed by atoms with Crippen molar-refractivity contribution in [2.75, 3.05) is 0 Å². The first-order valence-corrected chi connectivity index (χ1v) is 10.4. The van der Waals surface area contributed by atoms with E-state index in [1.807, 2.05) is 0 Å². The Morgan fingerprint density at radius 2 is 1.00 bits per heavy atom. The molecule has 0 N–H and O–H groups in total. The van der Waals surface area contributed by atoms with Crippen molar-refractivity contribution in [1.29, 1.82) is 0 Å². The number of rotatable bonds is 4. The van der Waals surface area contributed by atoms with Gasteiger partial charge in [-0.05, 0) is 101 Å². The maximum Gasteiger partial charge on any atom is 0.139 e. The summed E-state index contributed by atoms with van der Waals surface area (Å²) in [6.07, 6.45) is 5.11. The molecule has 1 aliphatic carbocycles. The monoisotopic (exact) mass is 362 g/mol. The van der Waals surface area contributed by atoms with E-state index in [1.165, 1.54) is 50.9 Å². The van der Waals surface area contributed by atoms with E-state index >= 15 is 0 Å². The number of carbonyl (C=O) groups is 1. The number of carbonyl (C=O) groups excluding carboxylic acids is 1. The van der Waals surface area contributed by atoms with Crippen LogP contribution in [0.4, 0.5) is 0 Å². The molecule has 0 saturated heterocycles. The van der Waals surface area contributed by atoms with Crippen molar-refractivity contribution in [1.82, 2.24) is 0 Å². The number of benzene rings is 2. The molecule has 1 fully saturated rings. The van der Waals surface area contributed by atoms with Gasteiger partial charge < -0.3 is 0 Å². The first-order chi connectivity index (χ1) is 12.8. The van der Waals surface area contributed by atoms with Gasteiger partial charge in [-0.2, -0.15) is 0 Å². The molecule has 1 heteroatoms. The topological polar surface area (TPSA) is 17.1 Å². The van der Waals surface area contributed by atoms with Gasteiger partial charge in [0.25, 0.3) is 0 Å². The Morgan fingerprint density at radius 1 is 0.667 bits per heavy atom. The molecular weight excluding hydrogens is 328 g/mol. The first-order valence-electron chi connectivity index (χ1n) is 10.4. The second-order valence-corrected chi connectivity index (χ2v) is 8.89. The lowest BCUT2D eigenvalue weighted by Gasteiger charge is -2.29. The van der Waals surface area contributed by atoms with Gasteiger partial charge in [0.1, 0.15) is 5.78 Å². The van der Waals surface area contributed by atoms with Crippen molar-refractivity contribution < 1.29 is 4.79 Å². The van der Waals surface area contributed by atoms with E-state index in [2.05, 4.69) is 65.8 Å². The van der Waals surface area contributed by atoms with Gasteiger partial charge in [0.05, 0.1) is 0 Å². The number of hydrogen-bond donors (Lipinski definition) is 0. The highest BCUT2D eigenvalue weighted by Crippen LogP contribution is 2.33. The molecule has 0 aromatic heterocycles. The van der Waals surface area contributed by atoms with Crippen LogP contribution in [0.1, 0.15) is 63.8 Å². The quantitative estimate of drug-likeness (QED) is 0.623. The third-order valence-corrected chi connectivity index (χ3v) is 6.49. The predicted molar refractivity (Wildman–Crippen MR) is 115 cm³/mol. The van der Waals surface area contributed by atoms with E-state index < -0.39 is 0 Å². The van der Waals surface area contributed by atoms with E-state index in [9.17, 15) is 4.79 Å². The minimum absolute atomic E-state index is 0.190. The first kappa shape index (κ1) is 19.9. The zero-order valence-electron chi connectivity index (χ0n) is 17.9. The van der Waals surface area contributed by atoms with E-state index in [4.69, 9.17) is 0 Å². The smallest absolute Gasteiger partial charge is 0.139 e. The van der Waals surface area contributed by atoms with Gasteiger partial charge >= 0.3 is 0 Å². The predicted octanol–water partition coefficient (Wildman–Crippen LogP) is 6.31. The second-order valence-electron chi connectivity index (χ2n) is 8.89. The molecule has 1 nitrogen and oxygen atoms in total. The zero-order valence-corrected chi connectivity index (χ0v) is 17.9. The van der Waals surface area contributed by atoms with Gasteiger partial charge in [0, 0.05) is 11.8 Å². The van der Waals surface area contributed by atoms with Crippen LogP contribution in [-0.4, -0.2) is 5.78 Å². The number of Topliss-reactive ketones (excluding diaryl/α,β-unsaturated/α-hetero) is 1. The summed E-state index contributed by atoms with van der Waals surface area (Å²) in [4.78, 5) is 13.3. The standard InChI is InChI=1S/C26H34O/c1-16-10-18(3)24(19(4)11-16)14-22-8-7-9-23(26(22)27)15-25-20(5)12-17(2)13-21(25)6/h10-13,22-23H,7-9,14-15H2,1-6H3. The molecule has 0 spiro atoms. The summed E-state index contributed by atoms with van der Waals surface area (Å²) in [5, 5.41) is 0. The Kier molecular flexibility index (Phi) is 5.89. The summed E-state index contributed by atoms with van der Waals surface area (Å²) in [5.74, 6) is 0.879. The van der Waals surface area contributed by atoms with Crippen molar-refractivity contribution in [2.24, 2.45) is 11.8 Å². The maximum absolute atomic E-state index is 13.3. The number of aryl methyl sites for hydroxylation is 6. The summed E-state index contributed by atoms with van der Waals surface area (Å²) in [7, 11) is 0. The fourth-order valence-electron chi connectivity index (χ4n) is 5.19. The van der Waals surface area contributed by atoms with Crippen molar-refractivity contribution in [3.05, 3.63) is 68.8 Å². The molecule has 2 aromatic rings. The maximum atomic E-state index is 13.3. The van der Waals surface area contributed by atoms with Crippen LogP contribution in [0.5, 0.6) is 0 Å². The van der Waals surface area contributed by atoms with E-state index in [-0.39, 0.29) is 11.8 Å². The van der Waals surface area contributed by atoms with Crippen molar-refractivity contribution in [3.8, 4) is 0 Å². The molecule has 144 valence electrons. The third-order valence-electron chi connectivity index (χ3n) is 6.49. The van der Waals surface area contributed by atoms with E-state index in [0.29, 0.717) is 5.78 Å². The highest BCUT2D eigenvalue weighted by atomic mass is 16.1. The highest BCUT2D eigenvalue weighted by molar-refractivity contribution is 5.85. The minimum atomic E-state index is 0.190. The van der Waals surface area contributed by atoms with Crippen molar-refractivity contribution in [2.45, 2.75) is 73.6 Å². The number of hydrogen-bond acceptors (Lipinski definition) is 1. The van der Waals surface area contributed by atoms with E-state index in [0.717, 1.165) is 25.7 Å². The molecular formula is C26H34O. The van der Waals surface area contributed by atoms with Crippen LogP contribution in [0.15, 0.2) is 24.3 Å². The number of ketones is 1. The van der Waals surface area contributed by atoms with Gasteiger partial charge in [-0.3, -0.25) is 4.79 Å². The van der Waals surface area contributed by atoms with Gasteiger partial charge in [-0.1, -0.05) is 41.8 Å². The third kappa shape index (κ3) is 4.34. The fraction of sp³-hybridized carbons (Fsp3) is 0.500. The fourth-order valence-corrected chi connectivity index (χ4v) is 5.19. The second kappa shape index (κ2) is 8.00. The summed E-state index contributed by atoms with van der Waals surface area (Å²) < 4.78 is 0. The van der Waals surface area contributed by atoms with Crippen LogP contribution in [0.25, 0.3) is 0 Å². The molecule has 27 heavy (non-hydrogen) atoms. The molecule has 2 atom stereocenters. The van der Waals surface area contributed by atoms with Crippen LogP contribution in [0.2, 0.25) is 0 Å². The van der Waals surface area contributed by atoms with Gasteiger partial charge in [0.15, 0.2) is 0 Å². The van der Waals surface area contributed by atoms with Crippen molar-refractivity contribution in [3.63, 3.8) is 0 Å². The Bertz CT molecular complexity index is 743. The highest BCUT2D eigenvalue weighted by Gasteiger charge is 2.32. The van der Waals surface area contributed by atoms with Gasteiger partial charge in [0.2, 0.25) is 0 Å². The summed E-state index contributed by atoms with van der Waals surface area (Å²) in [6, 6.07) is 9.02. The van der Waals surface area contributed by atoms with Crippen LogP contribution < -0.4 is 0 Å². The average molecular weight is 363 g/mol. The lowest BCUT2D eigenvalue weighted by Crippen LogP contribution is -2.31. The van der Waals surface area contributed by atoms with Gasteiger partial charge in [-0.15, -0.1) is 0 Å². The summed E-state index contributed by atoms with van der Waals surface area (Å²) in [6.45, 7) is 13.1. The molecule has 2 aromatic carbocycles. The SMILES string of the molecule is Cc1cc(C)c(CC2CCCC(Cc3c(C)cc(C)cc3C)C2=O)c(C)c1. The summed E-state index contributed by atoms with van der Waals surface area (Å²) in [5.41, 5.74) is 10.8. The van der Waals surface area contributed by atoms with E-state index in [1.54, 1.807) is 0 Å². The Labute approximate surface area is 165 Å². The molecule has 0 bridgehead atoms. The zero-order chi connectivity index (χ0) is 19.7. The largest absolute Gasteiger partial charge is 0.299 e. The molecule has 0 radical (unpaired) electrons. The summed E-state index contributed by atoms with van der Waals surface area (Å²) >= 11 is 0. The molecule has 2 unspecified atom stereocenters. The molecule has 0 amide bonds. The molecule has 3 rings (SSSR count). The Hall–Kier alpha value is -1.89. The molecule has 1 saturated carbocycles. The van der Waals surface area contributed by atoms with Crippen LogP contribution >= 0.6 is 0 Å². The van der Waals surface area contributed by atoms with Crippen LogP contribution in [0, 0.1) is 53.4 Å². The van der Waals surface area contributed by atoms with Crippen LogP contribution in [0.3, 0.4) is 0 Å². The van der Waals surface area contributed by atoms with Crippen molar-refractivity contribution >= 4 is 5.78 Å². The van der Waals surface area contributed by atoms with Gasteiger partial charge in [-0.25, -0.2) is 0 Å². The minimum Gasteiger partial charge on any atom is -0.299 e. The molecule has 0 heterocycles. The average Bonchev–Trinajstić information content (AvgIpc) is 2.56. The lowest BCUT2D eigenvalue weighted by atomic mass is 9.73. The van der Waals surface area contributed by atoms with Crippen LogP contribution in [-0.2, 0) is 17.6 Å². The molecule has 0 aliphatic heterocycles. The Balaban J connectivity index is 1.79. The normalized spacial score (nSPS) is 20.1. The Morgan fingerprint density at radius 3 is 1.33 bits per heavy atom. The lowest BCUT2D eigenvalue weighted by molar-refractivity contribution is -0.129.